The van der Waals surface area contributed by atoms with E-state index < -0.39 is 12.1 Å². The number of carbonyl (C=O) groups is 1. The minimum atomic E-state index is -0.931. The zero-order valence-electron chi connectivity index (χ0n) is 17.9. The monoisotopic (exact) mass is 407 g/mol. The Kier molecular flexibility index (Phi) is 6.39. The molecule has 3 rings (SSSR count). The van der Waals surface area contributed by atoms with Gasteiger partial charge in [-0.1, -0.05) is 18.2 Å². The highest BCUT2D eigenvalue weighted by atomic mass is 16.4. The number of benzene rings is 1. The second kappa shape index (κ2) is 8.81. The van der Waals surface area contributed by atoms with Gasteiger partial charge in [0.15, 0.2) is 0 Å². The zero-order chi connectivity index (χ0) is 21.9. The van der Waals surface area contributed by atoms with Crippen molar-refractivity contribution in [2.24, 2.45) is 0 Å². The first-order valence-electron chi connectivity index (χ1n) is 10.0. The molecule has 158 valence electrons. The topological polar surface area (TPSA) is 87.4 Å². The molecule has 3 aromatic rings. The largest absolute Gasteiger partial charge is 0.478 e. The van der Waals surface area contributed by atoms with Crippen LogP contribution in [-0.4, -0.2) is 37.8 Å². The smallest absolute Gasteiger partial charge is 0.335 e. The summed E-state index contributed by atoms with van der Waals surface area (Å²) in [6.07, 6.45) is 1.66. The Morgan fingerprint density at radius 2 is 1.83 bits per heavy atom. The Balaban J connectivity index is 1.62. The van der Waals surface area contributed by atoms with Crippen molar-refractivity contribution in [1.29, 1.82) is 0 Å². The van der Waals surface area contributed by atoms with Gasteiger partial charge in [-0.2, -0.15) is 0 Å². The van der Waals surface area contributed by atoms with Gasteiger partial charge in [0.25, 0.3) is 0 Å². The van der Waals surface area contributed by atoms with Crippen LogP contribution in [0.2, 0.25) is 0 Å². The van der Waals surface area contributed by atoms with Crippen molar-refractivity contribution in [2.45, 2.75) is 45.8 Å². The second-order valence-corrected chi connectivity index (χ2v) is 8.36. The van der Waals surface area contributed by atoms with Crippen molar-refractivity contribution < 1.29 is 15.0 Å². The molecule has 1 aromatic carbocycles. The lowest BCUT2D eigenvalue weighted by molar-refractivity contribution is 0.0696. The highest BCUT2D eigenvalue weighted by Crippen LogP contribution is 2.19. The number of carboxylic acids is 1. The highest BCUT2D eigenvalue weighted by molar-refractivity contribution is 5.87. The third-order valence-electron chi connectivity index (χ3n) is 5.25. The Bertz CT molecular complexity index is 1000. The standard InChI is InChI=1S/C24H29N3O3/c1-16-8-9-17(2)27(16)22-11-10-20(14-25-22)21(28)15-26-24(3,4)13-18-6-5-7-19(12-18)23(29)30/h5-12,14,21,26,28H,13,15H2,1-4H3,(H,29,30)/t21-/m1/s1. The second-order valence-electron chi connectivity index (χ2n) is 8.36. The number of aryl methyl sites for hydroxylation is 2. The molecule has 0 bridgehead atoms. The molecule has 0 saturated heterocycles. The first-order valence-corrected chi connectivity index (χ1v) is 10.0. The molecule has 6 nitrogen and oxygen atoms in total. The predicted octanol–water partition coefficient (Wildman–Crippen LogP) is 3.83. The number of hydrogen-bond donors (Lipinski definition) is 3. The van der Waals surface area contributed by atoms with Crippen LogP contribution >= 0.6 is 0 Å². The van der Waals surface area contributed by atoms with Gasteiger partial charge in [-0.25, -0.2) is 9.78 Å². The summed E-state index contributed by atoms with van der Waals surface area (Å²) in [7, 11) is 0. The van der Waals surface area contributed by atoms with E-state index in [2.05, 4.69) is 27.0 Å². The number of aromatic nitrogens is 2. The molecule has 1 atom stereocenters. The molecule has 0 fully saturated rings. The van der Waals surface area contributed by atoms with Crippen molar-refractivity contribution >= 4 is 5.97 Å². The zero-order valence-corrected chi connectivity index (χ0v) is 17.9. The van der Waals surface area contributed by atoms with Gasteiger partial charge >= 0.3 is 5.97 Å². The molecular weight excluding hydrogens is 378 g/mol. The summed E-state index contributed by atoms with van der Waals surface area (Å²) in [5, 5.41) is 23.2. The summed E-state index contributed by atoms with van der Waals surface area (Å²) in [5.41, 5.74) is 3.88. The van der Waals surface area contributed by atoms with Gasteiger partial charge in [-0.15, -0.1) is 0 Å². The molecular formula is C24H29N3O3. The SMILES string of the molecule is Cc1ccc(C)n1-c1ccc([C@H](O)CNC(C)(C)Cc2cccc(C(=O)O)c2)cn1. The molecule has 2 aromatic heterocycles. The van der Waals surface area contributed by atoms with Gasteiger partial charge in [-0.3, -0.25) is 0 Å². The third kappa shape index (κ3) is 5.14. The maximum atomic E-state index is 11.2. The van der Waals surface area contributed by atoms with Crippen molar-refractivity contribution in [3.05, 3.63) is 82.8 Å². The highest BCUT2D eigenvalue weighted by Gasteiger charge is 2.20. The van der Waals surface area contributed by atoms with E-state index >= 15 is 0 Å². The predicted molar refractivity (Wildman–Crippen MR) is 117 cm³/mol. The minimum Gasteiger partial charge on any atom is -0.478 e. The molecule has 3 N–H and O–H groups in total. The number of aliphatic hydroxyl groups is 1. The van der Waals surface area contributed by atoms with E-state index in [0.717, 1.165) is 28.3 Å². The summed E-state index contributed by atoms with van der Waals surface area (Å²) in [6, 6.07) is 14.9. The van der Waals surface area contributed by atoms with E-state index in [1.807, 2.05) is 45.9 Å². The number of aromatic carboxylic acids is 1. The van der Waals surface area contributed by atoms with Crippen LogP contribution in [0, 0.1) is 13.8 Å². The number of nitrogens with zero attached hydrogens (tertiary/aromatic N) is 2. The van der Waals surface area contributed by atoms with Gasteiger partial charge in [0.1, 0.15) is 5.82 Å². The van der Waals surface area contributed by atoms with E-state index in [1.165, 1.54) is 0 Å². The van der Waals surface area contributed by atoms with Crippen LogP contribution in [0.15, 0.2) is 54.7 Å². The molecule has 30 heavy (non-hydrogen) atoms. The Labute approximate surface area is 177 Å². The van der Waals surface area contributed by atoms with Crippen LogP contribution in [0.1, 0.15) is 52.8 Å². The lowest BCUT2D eigenvalue weighted by Gasteiger charge is -2.28. The summed E-state index contributed by atoms with van der Waals surface area (Å²) >= 11 is 0. The molecule has 0 saturated carbocycles. The lowest BCUT2D eigenvalue weighted by Crippen LogP contribution is -2.43. The maximum Gasteiger partial charge on any atom is 0.335 e. The fourth-order valence-corrected chi connectivity index (χ4v) is 3.63. The Hall–Kier alpha value is -2.96. The van der Waals surface area contributed by atoms with Crippen molar-refractivity contribution in [2.75, 3.05) is 6.54 Å². The average molecular weight is 408 g/mol. The minimum absolute atomic E-state index is 0.280. The maximum absolute atomic E-state index is 11.2. The molecule has 0 aliphatic carbocycles. The normalized spacial score (nSPS) is 12.7. The summed E-state index contributed by atoms with van der Waals surface area (Å²) in [5.74, 6) is -0.100. The number of pyridine rings is 1. The fraction of sp³-hybridized carbons (Fsp3) is 0.333. The molecule has 0 radical (unpaired) electrons. The van der Waals surface area contributed by atoms with Crippen molar-refractivity contribution in [1.82, 2.24) is 14.9 Å². The van der Waals surface area contributed by atoms with Crippen molar-refractivity contribution in [3.63, 3.8) is 0 Å². The first kappa shape index (κ1) is 21.7. The van der Waals surface area contributed by atoms with Gasteiger partial charge in [0.05, 0.1) is 11.7 Å². The summed E-state index contributed by atoms with van der Waals surface area (Å²) < 4.78 is 2.07. The fourth-order valence-electron chi connectivity index (χ4n) is 3.63. The van der Waals surface area contributed by atoms with E-state index in [-0.39, 0.29) is 11.1 Å². The van der Waals surface area contributed by atoms with Crippen LogP contribution in [0.3, 0.4) is 0 Å². The number of hydrogen-bond acceptors (Lipinski definition) is 4. The van der Waals surface area contributed by atoms with Gasteiger partial charge in [-0.05, 0) is 70.0 Å². The Morgan fingerprint density at radius 3 is 2.43 bits per heavy atom. The van der Waals surface area contributed by atoms with E-state index in [0.29, 0.717) is 13.0 Å². The Morgan fingerprint density at radius 1 is 1.13 bits per heavy atom. The third-order valence-corrected chi connectivity index (χ3v) is 5.25. The van der Waals surface area contributed by atoms with Crippen molar-refractivity contribution in [3.8, 4) is 5.82 Å². The summed E-state index contributed by atoms with van der Waals surface area (Å²) in [6.45, 7) is 8.51. The van der Waals surface area contributed by atoms with Crippen LogP contribution in [-0.2, 0) is 6.42 Å². The number of β-amino-alcohol motifs (C(OH)–C–C–N with tert-alkyl or cyclic N) is 1. The molecule has 2 heterocycles. The van der Waals surface area contributed by atoms with Crippen LogP contribution in [0.5, 0.6) is 0 Å². The number of aliphatic hydroxyl groups excluding tert-OH is 1. The number of nitrogens with one attached hydrogen (secondary N) is 1. The first-order chi connectivity index (χ1) is 14.2. The van der Waals surface area contributed by atoms with E-state index in [9.17, 15) is 9.90 Å². The molecule has 0 aliphatic heterocycles. The number of rotatable bonds is 8. The molecule has 0 spiro atoms. The molecule has 6 heteroatoms. The lowest BCUT2D eigenvalue weighted by atomic mass is 9.93. The van der Waals surface area contributed by atoms with Crippen LogP contribution in [0.4, 0.5) is 0 Å². The average Bonchev–Trinajstić information content (AvgIpc) is 3.04. The molecule has 0 amide bonds. The van der Waals surface area contributed by atoms with E-state index in [4.69, 9.17) is 5.11 Å². The number of carboxylic acid groups (broad SMARTS) is 1. The molecule has 0 aliphatic rings. The molecule has 0 unspecified atom stereocenters. The van der Waals surface area contributed by atoms with Crippen LogP contribution in [0.25, 0.3) is 5.82 Å². The van der Waals surface area contributed by atoms with Gasteiger partial charge in [0.2, 0.25) is 0 Å². The quantitative estimate of drug-likeness (QED) is 0.528. The van der Waals surface area contributed by atoms with Crippen LogP contribution < -0.4 is 5.32 Å². The van der Waals surface area contributed by atoms with E-state index in [1.54, 1.807) is 24.4 Å². The van der Waals surface area contributed by atoms with Gasteiger partial charge in [0, 0.05) is 35.2 Å². The van der Waals surface area contributed by atoms with Gasteiger partial charge < -0.3 is 20.1 Å². The summed E-state index contributed by atoms with van der Waals surface area (Å²) in [4.78, 5) is 15.7.